The van der Waals surface area contributed by atoms with Crippen LogP contribution >= 0.6 is 0 Å². The normalized spacial score (nSPS) is 20.9. The smallest absolute Gasteiger partial charge is 0.230 e. The summed E-state index contributed by atoms with van der Waals surface area (Å²) in [5, 5.41) is 14.0. The minimum Gasteiger partial charge on any atom is -0.496 e. The minimum absolute atomic E-state index is 0.124. The number of aliphatic hydroxyl groups excluding tert-OH is 1. The molecule has 41 heavy (non-hydrogen) atoms. The molecule has 216 valence electrons. The molecule has 0 bridgehead atoms. The molecule has 3 N–H and O–H groups in total. The van der Waals surface area contributed by atoms with Crippen LogP contribution in [0.3, 0.4) is 0 Å². The molecule has 2 aromatic carbocycles. The van der Waals surface area contributed by atoms with E-state index in [1.54, 1.807) is 18.9 Å². The molecule has 0 aromatic heterocycles. The second-order valence-corrected chi connectivity index (χ2v) is 10.7. The number of carbonyl (C=O) groups excluding carboxylic acids is 1. The van der Waals surface area contributed by atoms with Crippen LogP contribution in [0.2, 0.25) is 0 Å². The van der Waals surface area contributed by atoms with Gasteiger partial charge in [0.25, 0.3) is 0 Å². The molecule has 4 unspecified atom stereocenters. The van der Waals surface area contributed by atoms with Crippen LogP contribution in [-0.4, -0.2) is 48.3 Å². The number of hydrogen-bond donors (Lipinski definition) is 3. The lowest BCUT2D eigenvalue weighted by Crippen LogP contribution is -2.37. The molecule has 4 atom stereocenters. The van der Waals surface area contributed by atoms with Gasteiger partial charge in [0.05, 0.1) is 31.2 Å². The fourth-order valence-electron chi connectivity index (χ4n) is 5.46. The van der Waals surface area contributed by atoms with E-state index in [-0.39, 0.29) is 11.9 Å². The van der Waals surface area contributed by atoms with Gasteiger partial charge in [0.15, 0.2) is 0 Å². The molecule has 0 radical (unpaired) electrons. The number of hydrogen-bond acceptors (Lipinski definition) is 6. The highest BCUT2D eigenvalue weighted by atomic mass is 16.5. The van der Waals surface area contributed by atoms with Gasteiger partial charge < -0.3 is 20.2 Å². The van der Waals surface area contributed by atoms with E-state index in [1.807, 2.05) is 49.4 Å². The van der Waals surface area contributed by atoms with Crippen molar-refractivity contribution < 1.29 is 14.6 Å². The number of ether oxygens (including phenoxy) is 1. The minimum atomic E-state index is -0.661. The maximum absolute atomic E-state index is 13.7. The molecule has 1 amide bonds. The van der Waals surface area contributed by atoms with Gasteiger partial charge in [0.1, 0.15) is 5.75 Å². The molecule has 9 nitrogen and oxygen atoms in total. The summed E-state index contributed by atoms with van der Waals surface area (Å²) in [6.07, 6.45) is 5.28. The first-order chi connectivity index (χ1) is 19.8. The molecule has 2 aliphatic heterocycles. The number of nitrogens with one attached hydrogen (secondary N) is 2. The third kappa shape index (κ3) is 6.82. The zero-order chi connectivity index (χ0) is 29.5. The van der Waals surface area contributed by atoms with E-state index >= 15 is 0 Å². The number of amides is 1. The van der Waals surface area contributed by atoms with Gasteiger partial charge in [-0.3, -0.25) is 4.79 Å². The SMILES string of the molecule is CC/C(C)=C/C(=C\C1=C(C)NNC1c1ccccc1OC)c1cccc(C(C(=O)N2CCC(O)C2)C(C)N=[N+]=[N-])c1. The molecule has 0 saturated carbocycles. The zero-order valence-corrected chi connectivity index (χ0v) is 24.5. The fraction of sp³-hybridized carbons (Fsp3) is 0.406. The van der Waals surface area contributed by atoms with Gasteiger partial charge >= 0.3 is 0 Å². The number of allylic oxidation sites excluding steroid dienone is 4. The van der Waals surface area contributed by atoms with E-state index in [0.717, 1.165) is 45.7 Å². The van der Waals surface area contributed by atoms with E-state index in [2.05, 4.69) is 52.9 Å². The molecule has 4 rings (SSSR count). The standard InChI is InChI=1S/C32H40N6O3/c1-6-20(2)16-25(18-28-21(3)34-36-31(28)27-12-7-8-13-29(27)41-5)23-10-9-11-24(17-23)30(22(4)35-37-33)32(40)38-15-14-26(39)19-38/h7-13,16-18,22,26,30-31,34,36,39H,6,14-15,19H2,1-5H3/b20-16+,25-18+. The Morgan fingerprint density at radius 2 is 2.07 bits per heavy atom. The van der Waals surface area contributed by atoms with Crippen LogP contribution in [-0.2, 0) is 4.79 Å². The van der Waals surface area contributed by atoms with Gasteiger partial charge in [-0.2, -0.15) is 0 Å². The second-order valence-electron chi connectivity index (χ2n) is 10.7. The number of aliphatic hydroxyl groups is 1. The monoisotopic (exact) mass is 556 g/mol. The first-order valence-corrected chi connectivity index (χ1v) is 14.1. The van der Waals surface area contributed by atoms with Crippen molar-refractivity contribution >= 4 is 11.5 Å². The van der Waals surface area contributed by atoms with Crippen LogP contribution < -0.4 is 15.6 Å². The highest BCUT2D eigenvalue weighted by Crippen LogP contribution is 2.37. The molecular weight excluding hydrogens is 516 g/mol. The van der Waals surface area contributed by atoms with Crippen LogP contribution in [0.4, 0.5) is 0 Å². The van der Waals surface area contributed by atoms with Crippen LogP contribution in [0.5, 0.6) is 5.75 Å². The molecule has 1 saturated heterocycles. The van der Waals surface area contributed by atoms with Crippen molar-refractivity contribution in [2.75, 3.05) is 20.2 Å². The Kier molecular flexibility index (Phi) is 9.89. The molecular formula is C32H40N6O3. The first kappa shape index (κ1) is 29.9. The number of para-hydroxylation sites is 1. The van der Waals surface area contributed by atoms with E-state index in [0.29, 0.717) is 19.5 Å². The molecule has 2 aliphatic rings. The van der Waals surface area contributed by atoms with Crippen molar-refractivity contribution in [1.82, 2.24) is 15.8 Å². The van der Waals surface area contributed by atoms with Crippen molar-refractivity contribution in [3.8, 4) is 5.75 Å². The number of likely N-dealkylation sites (tertiary alicyclic amines) is 1. The van der Waals surface area contributed by atoms with Gasteiger partial charge in [-0.1, -0.05) is 73.1 Å². The number of hydrazine groups is 1. The van der Waals surface area contributed by atoms with Gasteiger partial charge in [-0.25, -0.2) is 5.43 Å². The van der Waals surface area contributed by atoms with Gasteiger partial charge in [-0.15, -0.1) is 0 Å². The summed E-state index contributed by atoms with van der Waals surface area (Å²) < 4.78 is 5.66. The maximum Gasteiger partial charge on any atom is 0.230 e. The predicted octanol–water partition coefficient (Wildman–Crippen LogP) is 5.93. The highest BCUT2D eigenvalue weighted by molar-refractivity contribution is 5.86. The lowest BCUT2D eigenvalue weighted by atomic mass is 9.88. The average molecular weight is 557 g/mol. The highest BCUT2D eigenvalue weighted by Gasteiger charge is 2.34. The first-order valence-electron chi connectivity index (χ1n) is 14.1. The van der Waals surface area contributed by atoms with Crippen molar-refractivity contribution in [3.63, 3.8) is 0 Å². The molecule has 9 heteroatoms. The Labute approximate surface area is 242 Å². The van der Waals surface area contributed by atoms with Crippen molar-refractivity contribution in [3.05, 3.63) is 105 Å². The predicted molar refractivity (Wildman–Crippen MR) is 162 cm³/mol. The molecule has 0 spiro atoms. The number of methoxy groups -OCH3 is 1. The van der Waals surface area contributed by atoms with E-state index in [1.165, 1.54) is 5.57 Å². The third-order valence-electron chi connectivity index (χ3n) is 7.90. The van der Waals surface area contributed by atoms with Crippen LogP contribution in [0.15, 0.2) is 82.6 Å². The lowest BCUT2D eigenvalue weighted by molar-refractivity contribution is -0.132. The van der Waals surface area contributed by atoms with Crippen molar-refractivity contribution in [2.45, 2.75) is 64.6 Å². The number of azide groups is 1. The summed E-state index contributed by atoms with van der Waals surface area (Å²) in [5.74, 6) is 0.00536. The summed E-state index contributed by atoms with van der Waals surface area (Å²) in [4.78, 5) is 18.3. The van der Waals surface area contributed by atoms with Crippen molar-refractivity contribution in [1.29, 1.82) is 0 Å². The van der Waals surface area contributed by atoms with Crippen LogP contribution in [0.1, 0.15) is 69.2 Å². The van der Waals surface area contributed by atoms with Crippen molar-refractivity contribution in [2.24, 2.45) is 5.11 Å². The molecule has 0 aliphatic carbocycles. The van der Waals surface area contributed by atoms with Gasteiger partial charge in [0, 0.05) is 29.3 Å². The van der Waals surface area contributed by atoms with Gasteiger partial charge in [-0.05, 0) is 66.6 Å². The summed E-state index contributed by atoms with van der Waals surface area (Å²) >= 11 is 0. The zero-order valence-electron chi connectivity index (χ0n) is 24.5. The summed E-state index contributed by atoms with van der Waals surface area (Å²) in [6, 6.07) is 15.2. The van der Waals surface area contributed by atoms with E-state index < -0.39 is 18.1 Å². The fourth-order valence-corrected chi connectivity index (χ4v) is 5.46. The maximum atomic E-state index is 13.7. The third-order valence-corrected chi connectivity index (χ3v) is 7.90. The average Bonchev–Trinajstić information content (AvgIpc) is 3.58. The lowest BCUT2D eigenvalue weighted by Gasteiger charge is -2.26. The summed E-state index contributed by atoms with van der Waals surface area (Å²) in [6.45, 7) is 8.82. The van der Waals surface area contributed by atoms with Crippen LogP contribution in [0.25, 0.3) is 16.0 Å². The summed E-state index contributed by atoms with van der Waals surface area (Å²) in [5.41, 5.74) is 22.9. The Morgan fingerprint density at radius 3 is 2.76 bits per heavy atom. The number of β-amino-alcohol motifs (C(OH)–C–C–N with tert-alkyl or cyclic N) is 1. The second kappa shape index (κ2) is 13.5. The quantitative estimate of drug-likeness (QED) is 0.145. The number of nitrogens with zero attached hydrogens (tertiary/aromatic N) is 4. The number of rotatable bonds is 10. The van der Waals surface area contributed by atoms with E-state index in [9.17, 15) is 15.4 Å². The van der Waals surface area contributed by atoms with Gasteiger partial charge in [0.2, 0.25) is 5.91 Å². The van der Waals surface area contributed by atoms with E-state index in [4.69, 9.17) is 4.74 Å². The number of carbonyl (C=O) groups is 1. The Morgan fingerprint density at radius 1 is 1.29 bits per heavy atom. The Hall–Kier alpha value is -4.04. The largest absolute Gasteiger partial charge is 0.496 e. The Balaban J connectivity index is 1.80. The molecule has 2 aromatic rings. The van der Waals surface area contributed by atoms with Crippen LogP contribution in [0, 0.1) is 0 Å². The topological polar surface area (TPSA) is 123 Å². The molecule has 2 heterocycles. The molecule has 1 fully saturated rings. The number of benzene rings is 2. The Bertz CT molecular complexity index is 1410. The summed E-state index contributed by atoms with van der Waals surface area (Å²) in [7, 11) is 1.68.